The van der Waals surface area contributed by atoms with Crippen LogP contribution in [0.25, 0.3) is 0 Å². The highest BCUT2D eigenvalue weighted by Gasteiger charge is 2.40. The summed E-state index contributed by atoms with van der Waals surface area (Å²) in [4.78, 5) is 9.13. The van der Waals surface area contributed by atoms with Gasteiger partial charge in [0.05, 0.1) is 12.5 Å². The fourth-order valence-corrected chi connectivity index (χ4v) is 0.678. The molecule has 0 aliphatic rings. The summed E-state index contributed by atoms with van der Waals surface area (Å²) in [5.74, 6) is 0. The summed E-state index contributed by atoms with van der Waals surface area (Å²) in [6, 6.07) is 1.51. The molecule has 0 aliphatic carbocycles. The van der Waals surface area contributed by atoms with E-state index < -0.39 is 29.7 Å². The van der Waals surface area contributed by atoms with E-state index in [-0.39, 0.29) is 0 Å². The minimum Gasteiger partial charge on any atom is -0.265 e. The lowest BCUT2D eigenvalue weighted by atomic mass is 9.88. The fourth-order valence-electron chi connectivity index (χ4n) is 0.678. The fraction of sp³-hybridized carbons (Fsp3) is 0.833. The smallest absolute Gasteiger partial charge is 0.251 e. The van der Waals surface area contributed by atoms with Crippen molar-refractivity contribution < 1.29 is 13.7 Å². The van der Waals surface area contributed by atoms with Gasteiger partial charge in [-0.05, 0) is 6.92 Å². The molecule has 0 N–H and O–H groups in total. The van der Waals surface area contributed by atoms with Crippen LogP contribution in [0.4, 0.5) is 8.78 Å². The number of halogens is 2. The van der Waals surface area contributed by atoms with E-state index in [0.717, 1.165) is 6.92 Å². The summed E-state index contributed by atoms with van der Waals surface area (Å²) < 4.78 is 24.4. The van der Waals surface area contributed by atoms with Crippen LogP contribution in [0.15, 0.2) is 0 Å². The van der Waals surface area contributed by atoms with Crippen LogP contribution in [0, 0.1) is 26.9 Å². The van der Waals surface area contributed by atoms with E-state index in [9.17, 15) is 18.9 Å². The molecule has 0 aromatic carbocycles. The van der Waals surface area contributed by atoms with Gasteiger partial charge in [0.2, 0.25) is 6.54 Å². The van der Waals surface area contributed by atoms with E-state index in [1.165, 1.54) is 6.07 Å². The van der Waals surface area contributed by atoms with Crippen LogP contribution in [-0.2, 0) is 0 Å². The number of nitro groups is 1. The van der Waals surface area contributed by atoms with Gasteiger partial charge >= 0.3 is 0 Å². The monoisotopic (exact) mass is 178 g/mol. The van der Waals surface area contributed by atoms with Gasteiger partial charge in [-0.25, -0.2) is 8.78 Å². The van der Waals surface area contributed by atoms with Gasteiger partial charge in [0.1, 0.15) is 5.41 Å². The molecule has 1 unspecified atom stereocenters. The Hall–Kier alpha value is -1.25. The zero-order valence-electron chi connectivity index (χ0n) is 6.46. The molecule has 6 heteroatoms. The Morgan fingerprint density at radius 2 is 2.25 bits per heavy atom. The summed E-state index contributed by atoms with van der Waals surface area (Å²) in [5, 5.41) is 18.1. The first-order valence-corrected chi connectivity index (χ1v) is 3.19. The third-order valence-corrected chi connectivity index (χ3v) is 1.50. The summed E-state index contributed by atoms with van der Waals surface area (Å²) in [6.45, 7) is 0.155. The van der Waals surface area contributed by atoms with Crippen molar-refractivity contribution in [3.8, 4) is 6.07 Å². The maximum Gasteiger partial charge on any atom is 0.251 e. The number of nitriles is 1. The molecule has 4 nitrogen and oxygen atoms in total. The molecule has 0 aliphatic heterocycles. The molecule has 0 spiro atoms. The standard InChI is InChI=1S/C6H8F2N2O2/c1-6(2-3-9,5(7)8)4-10(11)12/h5H,2,4H2,1H3. The minimum atomic E-state index is -2.84. The zero-order valence-corrected chi connectivity index (χ0v) is 6.46. The van der Waals surface area contributed by atoms with Crippen molar-refractivity contribution in [2.45, 2.75) is 19.8 Å². The maximum atomic E-state index is 12.2. The van der Waals surface area contributed by atoms with Crippen molar-refractivity contribution >= 4 is 0 Å². The molecule has 0 radical (unpaired) electrons. The van der Waals surface area contributed by atoms with Gasteiger partial charge in [0.25, 0.3) is 6.43 Å². The van der Waals surface area contributed by atoms with Gasteiger partial charge in [0, 0.05) is 4.92 Å². The second-order valence-electron chi connectivity index (χ2n) is 2.78. The first-order chi connectivity index (χ1) is 5.42. The Bertz CT molecular complexity index is 214. The SMILES string of the molecule is CC(CC#N)(C[N+](=O)[O-])C(F)F. The Morgan fingerprint density at radius 1 is 1.75 bits per heavy atom. The lowest BCUT2D eigenvalue weighted by molar-refractivity contribution is -0.500. The third kappa shape index (κ3) is 2.78. The van der Waals surface area contributed by atoms with Crippen LogP contribution in [-0.4, -0.2) is 17.9 Å². The van der Waals surface area contributed by atoms with E-state index in [4.69, 9.17) is 5.26 Å². The van der Waals surface area contributed by atoms with Gasteiger partial charge in [-0.2, -0.15) is 5.26 Å². The van der Waals surface area contributed by atoms with Crippen molar-refractivity contribution in [3.05, 3.63) is 10.1 Å². The predicted octanol–water partition coefficient (Wildman–Crippen LogP) is 1.45. The molecule has 0 aromatic heterocycles. The highest BCUT2D eigenvalue weighted by atomic mass is 19.3. The summed E-state index contributed by atoms with van der Waals surface area (Å²) in [6.07, 6.45) is -3.35. The molecular weight excluding hydrogens is 170 g/mol. The van der Waals surface area contributed by atoms with Crippen molar-refractivity contribution in [2.75, 3.05) is 6.54 Å². The quantitative estimate of drug-likeness (QED) is 0.483. The Balaban J connectivity index is 4.41. The van der Waals surface area contributed by atoms with Crippen LogP contribution in [0.3, 0.4) is 0 Å². The van der Waals surface area contributed by atoms with Crippen LogP contribution in [0.2, 0.25) is 0 Å². The molecule has 1 atom stereocenters. The van der Waals surface area contributed by atoms with Crippen molar-refractivity contribution in [2.24, 2.45) is 5.41 Å². The molecule has 0 heterocycles. The third-order valence-electron chi connectivity index (χ3n) is 1.50. The van der Waals surface area contributed by atoms with Gasteiger partial charge < -0.3 is 0 Å². The molecule has 0 bridgehead atoms. The topological polar surface area (TPSA) is 66.9 Å². The van der Waals surface area contributed by atoms with E-state index in [2.05, 4.69) is 0 Å². The second kappa shape index (κ2) is 3.95. The van der Waals surface area contributed by atoms with Crippen LogP contribution in [0.1, 0.15) is 13.3 Å². The Kier molecular flexibility index (Phi) is 3.54. The van der Waals surface area contributed by atoms with E-state index in [0.29, 0.717) is 0 Å². The molecular formula is C6H8F2N2O2. The predicted molar refractivity (Wildman–Crippen MR) is 36.2 cm³/mol. The summed E-state index contributed by atoms with van der Waals surface area (Å²) in [5.41, 5.74) is -1.82. The summed E-state index contributed by atoms with van der Waals surface area (Å²) in [7, 11) is 0. The van der Waals surface area contributed by atoms with Crippen LogP contribution < -0.4 is 0 Å². The van der Waals surface area contributed by atoms with Gasteiger partial charge in [-0.1, -0.05) is 0 Å². The molecule has 0 saturated carbocycles. The molecule has 0 rings (SSSR count). The average molecular weight is 178 g/mol. The highest BCUT2D eigenvalue weighted by Crippen LogP contribution is 2.29. The molecule has 0 fully saturated rings. The van der Waals surface area contributed by atoms with Crippen LogP contribution >= 0.6 is 0 Å². The molecule has 0 saturated heterocycles. The largest absolute Gasteiger partial charge is 0.265 e. The number of nitrogens with zero attached hydrogens (tertiary/aromatic N) is 2. The molecule has 0 aromatic rings. The first-order valence-electron chi connectivity index (χ1n) is 3.19. The average Bonchev–Trinajstić information content (AvgIpc) is 1.85. The lowest BCUT2D eigenvalue weighted by Crippen LogP contribution is -2.33. The Morgan fingerprint density at radius 3 is 2.50 bits per heavy atom. The number of hydrogen-bond acceptors (Lipinski definition) is 3. The minimum absolute atomic E-state index is 0.508. The van der Waals surface area contributed by atoms with Crippen molar-refractivity contribution in [1.29, 1.82) is 5.26 Å². The number of rotatable bonds is 4. The molecule has 12 heavy (non-hydrogen) atoms. The Labute approximate surface area is 67.9 Å². The highest BCUT2D eigenvalue weighted by molar-refractivity contribution is 4.87. The van der Waals surface area contributed by atoms with Crippen molar-refractivity contribution in [3.63, 3.8) is 0 Å². The lowest BCUT2D eigenvalue weighted by Gasteiger charge is -2.20. The molecule has 68 valence electrons. The maximum absolute atomic E-state index is 12.2. The number of alkyl halides is 2. The van der Waals surface area contributed by atoms with Gasteiger partial charge in [0.15, 0.2) is 0 Å². The number of hydrogen-bond donors (Lipinski definition) is 0. The zero-order chi connectivity index (χ0) is 9.78. The summed E-state index contributed by atoms with van der Waals surface area (Å²) >= 11 is 0. The van der Waals surface area contributed by atoms with Gasteiger partial charge in [-0.3, -0.25) is 10.1 Å². The molecule has 0 amide bonds. The second-order valence-corrected chi connectivity index (χ2v) is 2.78. The van der Waals surface area contributed by atoms with Crippen LogP contribution in [0.5, 0.6) is 0 Å². The van der Waals surface area contributed by atoms with E-state index >= 15 is 0 Å². The van der Waals surface area contributed by atoms with Crippen molar-refractivity contribution in [1.82, 2.24) is 0 Å². The first kappa shape index (κ1) is 10.8. The normalized spacial score (nSPS) is 15.2. The van der Waals surface area contributed by atoms with E-state index in [1.807, 2.05) is 0 Å². The van der Waals surface area contributed by atoms with E-state index in [1.54, 1.807) is 0 Å². The van der Waals surface area contributed by atoms with Gasteiger partial charge in [-0.15, -0.1) is 0 Å².